The summed E-state index contributed by atoms with van der Waals surface area (Å²) in [5, 5.41) is 13.8. The molecule has 1 heterocycles. The number of hydrogen-bond acceptors (Lipinski definition) is 4. The summed E-state index contributed by atoms with van der Waals surface area (Å²) in [5.74, 6) is 0. The third-order valence-corrected chi connectivity index (χ3v) is 4.90. The van der Waals surface area contributed by atoms with Gasteiger partial charge in [0, 0.05) is 22.4 Å². The van der Waals surface area contributed by atoms with Gasteiger partial charge in [0.05, 0.1) is 4.90 Å². The standard InChI is InChI=1S/C17H12ClN2O4S/c1-25(23,24)14-8-4-12(5-9-14)16-15(10-20(19-16)17(21)22)11-2-6-13(18)7-3-11/h2-9H,1H3,(H,21,22). The third-order valence-electron chi connectivity index (χ3n) is 3.52. The molecule has 0 saturated carbocycles. The Kier molecular flexibility index (Phi) is 4.36. The predicted octanol–water partition coefficient (Wildman–Crippen LogP) is 3.60. The molecule has 0 spiro atoms. The minimum absolute atomic E-state index is 0.172. The van der Waals surface area contributed by atoms with Crippen LogP contribution < -0.4 is 0 Å². The molecule has 3 rings (SSSR count). The van der Waals surface area contributed by atoms with Gasteiger partial charge in [0.15, 0.2) is 9.84 Å². The van der Waals surface area contributed by atoms with Crippen LogP contribution in [0.25, 0.3) is 22.4 Å². The highest BCUT2D eigenvalue weighted by atomic mass is 35.5. The average Bonchev–Trinajstić information content (AvgIpc) is 3.00. The van der Waals surface area contributed by atoms with Crippen molar-refractivity contribution in [2.24, 2.45) is 0 Å². The van der Waals surface area contributed by atoms with Crippen molar-refractivity contribution in [3.63, 3.8) is 0 Å². The van der Waals surface area contributed by atoms with Crippen molar-refractivity contribution in [1.82, 2.24) is 9.78 Å². The van der Waals surface area contributed by atoms with Gasteiger partial charge in [-0.2, -0.15) is 9.78 Å². The Bertz CT molecular complexity index is 1040. The summed E-state index contributed by atoms with van der Waals surface area (Å²) in [6, 6.07) is 12.9. The molecule has 0 aliphatic rings. The van der Waals surface area contributed by atoms with Crippen LogP contribution >= 0.6 is 11.6 Å². The number of benzene rings is 2. The molecule has 0 fully saturated rings. The van der Waals surface area contributed by atoms with E-state index >= 15 is 0 Å². The number of carboxylic acid groups (broad SMARTS) is 1. The quantitative estimate of drug-likeness (QED) is 0.755. The average molecular weight is 376 g/mol. The lowest BCUT2D eigenvalue weighted by Gasteiger charge is -2.04. The van der Waals surface area contributed by atoms with Gasteiger partial charge in [-0.1, -0.05) is 35.9 Å². The maximum atomic E-state index is 11.6. The smallest absolute Gasteiger partial charge is 0.432 e. The zero-order valence-electron chi connectivity index (χ0n) is 13.0. The lowest BCUT2D eigenvalue weighted by molar-refractivity contribution is 0.192. The van der Waals surface area contributed by atoms with Gasteiger partial charge >= 0.3 is 6.09 Å². The molecule has 1 aromatic heterocycles. The van der Waals surface area contributed by atoms with Crippen LogP contribution in [0, 0.1) is 6.20 Å². The van der Waals surface area contributed by atoms with Gasteiger partial charge in [-0.3, -0.25) is 0 Å². The van der Waals surface area contributed by atoms with Crippen molar-refractivity contribution >= 4 is 27.5 Å². The molecule has 1 N–H and O–H groups in total. The summed E-state index contributed by atoms with van der Waals surface area (Å²) in [5.41, 5.74) is 2.13. The third kappa shape index (κ3) is 3.57. The molecule has 0 unspecified atom stereocenters. The van der Waals surface area contributed by atoms with Gasteiger partial charge in [-0.25, -0.2) is 13.2 Å². The molecule has 8 heteroatoms. The minimum Gasteiger partial charge on any atom is -0.463 e. The van der Waals surface area contributed by atoms with E-state index in [1.54, 1.807) is 36.4 Å². The second kappa shape index (κ2) is 6.34. The normalized spacial score (nSPS) is 11.4. The SMILES string of the molecule is CS(=O)(=O)c1ccc(-c2nn(C(=O)O)[c]c2-c2ccc(Cl)cc2)cc1. The van der Waals surface area contributed by atoms with Crippen molar-refractivity contribution in [3.05, 3.63) is 59.8 Å². The molecule has 0 saturated heterocycles. The highest BCUT2D eigenvalue weighted by molar-refractivity contribution is 7.90. The van der Waals surface area contributed by atoms with E-state index in [-0.39, 0.29) is 4.90 Å². The molecule has 0 amide bonds. The number of nitrogens with zero attached hydrogens (tertiary/aromatic N) is 2. The second-order valence-electron chi connectivity index (χ2n) is 5.33. The Hall–Kier alpha value is -2.64. The van der Waals surface area contributed by atoms with Gasteiger partial charge in [0.25, 0.3) is 0 Å². The molecule has 2 aromatic carbocycles. The topological polar surface area (TPSA) is 89.3 Å². The fourth-order valence-electron chi connectivity index (χ4n) is 2.30. The summed E-state index contributed by atoms with van der Waals surface area (Å²) in [6.07, 6.45) is 2.55. The van der Waals surface area contributed by atoms with Crippen LogP contribution in [0.3, 0.4) is 0 Å². The zero-order chi connectivity index (χ0) is 18.2. The summed E-state index contributed by atoms with van der Waals surface area (Å²) in [4.78, 5) is 11.4. The predicted molar refractivity (Wildman–Crippen MR) is 93.5 cm³/mol. The van der Waals surface area contributed by atoms with Gasteiger partial charge in [0.1, 0.15) is 11.9 Å². The van der Waals surface area contributed by atoms with Crippen LogP contribution in [0.15, 0.2) is 53.4 Å². The van der Waals surface area contributed by atoms with Crippen molar-refractivity contribution in [3.8, 4) is 22.4 Å². The van der Waals surface area contributed by atoms with E-state index in [4.69, 9.17) is 11.6 Å². The van der Waals surface area contributed by atoms with Gasteiger partial charge in [0.2, 0.25) is 0 Å². The number of carbonyl (C=O) groups is 1. The van der Waals surface area contributed by atoms with Crippen LogP contribution in [0.1, 0.15) is 0 Å². The Morgan fingerprint density at radius 2 is 1.64 bits per heavy atom. The van der Waals surface area contributed by atoms with Crippen molar-refractivity contribution in [2.45, 2.75) is 4.90 Å². The first kappa shape index (κ1) is 17.2. The van der Waals surface area contributed by atoms with Crippen molar-refractivity contribution < 1.29 is 18.3 Å². The van der Waals surface area contributed by atoms with Crippen LogP contribution in [0.4, 0.5) is 4.79 Å². The number of rotatable bonds is 3. The molecule has 0 atom stereocenters. The van der Waals surface area contributed by atoms with Crippen molar-refractivity contribution in [2.75, 3.05) is 6.26 Å². The maximum Gasteiger partial charge on any atom is 0.432 e. The lowest BCUT2D eigenvalue weighted by atomic mass is 10.0. The summed E-state index contributed by atoms with van der Waals surface area (Å²) in [7, 11) is -3.32. The van der Waals surface area contributed by atoms with E-state index in [0.717, 1.165) is 6.26 Å². The van der Waals surface area contributed by atoms with Crippen LogP contribution in [-0.2, 0) is 9.84 Å². The first-order valence-corrected chi connectivity index (χ1v) is 9.35. The Morgan fingerprint density at radius 3 is 2.16 bits per heavy atom. The van der Waals surface area contributed by atoms with E-state index in [0.29, 0.717) is 32.1 Å². The number of halogens is 1. The van der Waals surface area contributed by atoms with Gasteiger partial charge in [-0.05, 0) is 29.8 Å². The first-order chi connectivity index (χ1) is 11.8. The summed E-state index contributed by atoms with van der Waals surface area (Å²) in [6.45, 7) is 0. The molecule has 25 heavy (non-hydrogen) atoms. The second-order valence-corrected chi connectivity index (χ2v) is 7.79. The molecule has 127 valence electrons. The van der Waals surface area contributed by atoms with Crippen LogP contribution in [-0.4, -0.2) is 35.7 Å². The van der Waals surface area contributed by atoms with Gasteiger partial charge < -0.3 is 5.11 Å². The van der Waals surface area contributed by atoms with Crippen LogP contribution in [0.5, 0.6) is 0 Å². The molecule has 1 radical (unpaired) electrons. The highest BCUT2D eigenvalue weighted by Gasteiger charge is 2.17. The fraction of sp³-hybridized carbons (Fsp3) is 0.0588. The Balaban J connectivity index is 2.14. The largest absolute Gasteiger partial charge is 0.463 e. The Labute approximate surface area is 149 Å². The molecule has 0 aliphatic carbocycles. The zero-order valence-corrected chi connectivity index (χ0v) is 14.5. The number of sulfone groups is 1. The molecule has 6 nitrogen and oxygen atoms in total. The molecule has 3 aromatic rings. The lowest BCUT2D eigenvalue weighted by Crippen LogP contribution is -2.08. The molecule has 0 bridgehead atoms. The van der Waals surface area contributed by atoms with Gasteiger partial charge in [-0.15, -0.1) is 0 Å². The molecule has 0 aliphatic heterocycles. The monoisotopic (exact) mass is 375 g/mol. The summed E-state index contributed by atoms with van der Waals surface area (Å²) < 4.78 is 23.9. The van der Waals surface area contributed by atoms with Crippen LogP contribution in [0.2, 0.25) is 5.02 Å². The maximum absolute atomic E-state index is 11.6. The number of hydrogen-bond donors (Lipinski definition) is 1. The van der Waals surface area contributed by atoms with E-state index in [1.807, 2.05) is 0 Å². The van der Waals surface area contributed by atoms with E-state index in [9.17, 15) is 18.3 Å². The minimum atomic E-state index is -3.32. The molecular weight excluding hydrogens is 364 g/mol. The molecular formula is C17H12ClN2O4S. The fourth-order valence-corrected chi connectivity index (χ4v) is 3.06. The summed E-state index contributed by atoms with van der Waals surface area (Å²) >= 11 is 5.89. The highest BCUT2D eigenvalue weighted by Crippen LogP contribution is 2.31. The number of aromatic nitrogens is 2. The first-order valence-electron chi connectivity index (χ1n) is 7.08. The van der Waals surface area contributed by atoms with Crippen molar-refractivity contribution in [1.29, 1.82) is 0 Å². The Morgan fingerprint density at radius 1 is 1.08 bits per heavy atom. The van der Waals surface area contributed by atoms with E-state index in [2.05, 4.69) is 11.3 Å². The van der Waals surface area contributed by atoms with E-state index in [1.165, 1.54) is 12.1 Å². The van der Waals surface area contributed by atoms with E-state index < -0.39 is 15.9 Å².